The van der Waals surface area contributed by atoms with Crippen LogP contribution in [0.1, 0.15) is 18.4 Å². The summed E-state index contributed by atoms with van der Waals surface area (Å²) in [6, 6.07) is 9.03. The van der Waals surface area contributed by atoms with Crippen LogP contribution in [-0.4, -0.2) is 15.9 Å². The molecule has 0 unspecified atom stereocenters. The molecule has 1 saturated carbocycles. The molecule has 1 aliphatic carbocycles. The van der Waals surface area contributed by atoms with Gasteiger partial charge in [0.15, 0.2) is 0 Å². The van der Waals surface area contributed by atoms with Crippen molar-refractivity contribution in [1.29, 1.82) is 0 Å². The standard InChI is InChI=1S/C14H13ClN4O/c15-13-17-8-5-11(19-13)18-12(20)14(6-7-14)9-1-3-10(16)4-2-9/h1-5,8H,6-7,16H2,(H,17,18,19,20). The zero-order chi connectivity index (χ0) is 14.2. The molecule has 2 aromatic rings. The van der Waals surface area contributed by atoms with E-state index in [2.05, 4.69) is 15.3 Å². The Morgan fingerprint density at radius 3 is 2.55 bits per heavy atom. The van der Waals surface area contributed by atoms with Gasteiger partial charge in [-0.2, -0.15) is 0 Å². The van der Waals surface area contributed by atoms with E-state index >= 15 is 0 Å². The summed E-state index contributed by atoms with van der Waals surface area (Å²) in [7, 11) is 0. The van der Waals surface area contributed by atoms with Gasteiger partial charge < -0.3 is 11.1 Å². The predicted molar refractivity (Wildman–Crippen MR) is 77.4 cm³/mol. The van der Waals surface area contributed by atoms with Crippen LogP contribution in [0.2, 0.25) is 5.28 Å². The monoisotopic (exact) mass is 288 g/mol. The molecule has 0 spiro atoms. The molecule has 0 bridgehead atoms. The van der Waals surface area contributed by atoms with E-state index in [9.17, 15) is 4.79 Å². The lowest BCUT2D eigenvalue weighted by Gasteiger charge is -2.15. The van der Waals surface area contributed by atoms with E-state index in [1.54, 1.807) is 6.07 Å². The number of carbonyl (C=O) groups excluding carboxylic acids is 1. The molecule has 0 saturated heterocycles. The normalized spacial score (nSPS) is 15.7. The fraction of sp³-hybridized carbons (Fsp3) is 0.214. The molecule has 1 aromatic carbocycles. The van der Waals surface area contributed by atoms with Crippen molar-refractivity contribution in [2.24, 2.45) is 0 Å². The molecule has 1 aliphatic rings. The van der Waals surface area contributed by atoms with Gasteiger partial charge in [0.25, 0.3) is 0 Å². The van der Waals surface area contributed by atoms with Crippen molar-refractivity contribution in [3.8, 4) is 0 Å². The second kappa shape index (κ2) is 4.76. The number of anilines is 2. The number of hydrogen-bond acceptors (Lipinski definition) is 4. The van der Waals surface area contributed by atoms with E-state index in [1.165, 1.54) is 6.20 Å². The predicted octanol–water partition coefficient (Wildman–Crippen LogP) is 2.38. The molecule has 0 aliphatic heterocycles. The van der Waals surface area contributed by atoms with Crippen molar-refractivity contribution in [3.63, 3.8) is 0 Å². The number of benzene rings is 1. The molecular weight excluding hydrogens is 276 g/mol. The highest BCUT2D eigenvalue weighted by Crippen LogP contribution is 2.49. The number of rotatable bonds is 3. The first-order valence-corrected chi connectivity index (χ1v) is 6.64. The van der Waals surface area contributed by atoms with Gasteiger partial charge in [-0.05, 0) is 48.2 Å². The summed E-state index contributed by atoms with van der Waals surface area (Å²) in [5.74, 6) is 0.341. The zero-order valence-corrected chi connectivity index (χ0v) is 11.4. The average molecular weight is 289 g/mol. The number of carbonyl (C=O) groups is 1. The Balaban J connectivity index is 1.81. The Morgan fingerprint density at radius 1 is 1.25 bits per heavy atom. The molecule has 0 atom stereocenters. The van der Waals surface area contributed by atoms with Crippen LogP contribution in [-0.2, 0) is 10.2 Å². The third-order valence-corrected chi connectivity index (χ3v) is 3.70. The van der Waals surface area contributed by atoms with Crippen LogP contribution in [0.15, 0.2) is 36.5 Å². The molecule has 0 radical (unpaired) electrons. The fourth-order valence-electron chi connectivity index (χ4n) is 2.21. The van der Waals surface area contributed by atoms with Crippen molar-refractivity contribution < 1.29 is 4.79 Å². The van der Waals surface area contributed by atoms with Gasteiger partial charge in [-0.3, -0.25) is 4.79 Å². The first-order chi connectivity index (χ1) is 9.60. The van der Waals surface area contributed by atoms with Crippen molar-refractivity contribution in [1.82, 2.24) is 9.97 Å². The second-order valence-electron chi connectivity index (χ2n) is 4.87. The number of halogens is 1. The van der Waals surface area contributed by atoms with Crippen molar-refractivity contribution in [2.75, 3.05) is 11.1 Å². The summed E-state index contributed by atoms with van der Waals surface area (Å²) < 4.78 is 0. The Bertz CT molecular complexity index is 652. The maximum absolute atomic E-state index is 12.4. The Morgan fingerprint density at radius 2 is 1.95 bits per heavy atom. The Kier molecular flexibility index (Phi) is 3.06. The number of nitrogen functional groups attached to an aromatic ring is 1. The highest BCUT2D eigenvalue weighted by atomic mass is 35.5. The van der Waals surface area contributed by atoms with Crippen molar-refractivity contribution >= 4 is 29.0 Å². The van der Waals surface area contributed by atoms with Gasteiger partial charge in [0.1, 0.15) is 5.82 Å². The van der Waals surface area contributed by atoms with Crippen LogP contribution >= 0.6 is 11.6 Å². The molecule has 20 heavy (non-hydrogen) atoms. The molecule has 3 N–H and O–H groups in total. The molecule has 1 aromatic heterocycles. The summed E-state index contributed by atoms with van der Waals surface area (Å²) >= 11 is 5.71. The lowest BCUT2D eigenvalue weighted by atomic mass is 9.95. The maximum Gasteiger partial charge on any atom is 0.236 e. The minimum atomic E-state index is -0.467. The van der Waals surface area contributed by atoms with Crippen LogP contribution < -0.4 is 11.1 Å². The Labute approximate surface area is 121 Å². The molecule has 1 heterocycles. The van der Waals surface area contributed by atoms with Gasteiger partial charge in [-0.1, -0.05) is 12.1 Å². The van der Waals surface area contributed by atoms with Crippen molar-refractivity contribution in [3.05, 3.63) is 47.4 Å². The summed E-state index contributed by atoms with van der Waals surface area (Å²) in [5, 5.41) is 2.90. The van der Waals surface area contributed by atoms with Crippen LogP contribution in [0.5, 0.6) is 0 Å². The van der Waals surface area contributed by atoms with Crippen molar-refractivity contribution in [2.45, 2.75) is 18.3 Å². The summed E-state index contributed by atoms with van der Waals surface area (Å²) in [6.45, 7) is 0. The molecule has 6 heteroatoms. The number of nitrogens with two attached hydrogens (primary N) is 1. The highest BCUT2D eigenvalue weighted by Gasteiger charge is 2.51. The minimum Gasteiger partial charge on any atom is -0.399 e. The zero-order valence-electron chi connectivity index (χ0n) is 10.6. The molecular formula is C14H13ClN4O. The van der Waals surface area contributed by atoms with Gasteiger partial charge in [0.2, 0.25) is 11.2 Å². The van der Waals surface area contributed by atoms with Crippen LogP contribution in [0, 0.1) is 0 Å². The van der Waals surface area contributed by atoms with E-state index in [4.69, 9.17) is 17.3 Å². The average Bonchev–Trinajstić information content (AvgIpc) is 3.21. The van der Waals surface area contributed by atoms with E-state index in [0.717, 1.165) is 18.4 Å². The van der Waals surface area contributed by atoms with Crippen LogP contribution in [0.25, 0.3) is 0 Å². The fourth-order valence-corrected chi connectivity index (χ4v) is 2.36. The van der Waals surface area contributed by atoms with Crippen LogP contribution in [0.4, 0.5) is 11.5 Å². The topological polar surface area (TPSA) is 80.9 Å². The van der Waals surface area contributed by atoms with E-state index < -0.39 is 5.41 Å². The highest BCUT2D eigenvalue weighted by molar-refractivity contribution is 6.28. The number of amides is 1. The second-order valence-corrected chi connectivity index (χ2v) is 5.21. The molecule has 102 valence electrons. The van der Waals surface area contributed by atoms with Gasteiger partial charge >= 0.3 is 0 Å². The molecule has 1 amide bonds. The summed E-state index contributed by atoms with van der Waals surface area (Å²) in [6.07, 6.45) is 3.15. The smallest absolute Gasteiger partial charge is 0.236 e. The van der Waals surface area contributed by atoms with Gasteiger partial charge in [0, 0.05) is 11.9 Å². The first-order valence-electron chi connectivity index (χ1n) is 6.26. The number of hydrogen-bond donors (Lipinski definition) is 2. The third kappa shape index (κ3) is 2.32. The molecule has 3 rings (SSSR count). The SMILES string of the molecule is Nc1ccc(C2(C(=O)Nc3ccnc(Cl)n3)CC2)cc1. The van der Waals surface area contributed by atoms with Gasteiger partial charge in [-0.15, -0.1) is 0 Å². The summed E-state index contributed by atoms with van der Waals surface area (Å²) in [5.41, 5.74) is 6.87. The minimum absolute atomic E-state index is 0.0722. The maximum atomic E-state index is 12.4. The van der Waals surface area contributed by atoms with E-state index in [-0.39, 0.29) is 11.2 Å². The number of aromatic nitrogens is 2. The lowest BCUT2D eigenvalue weighted by molar-refractivity contribution is -0.118. The summed E-state index contributed by atoms with van der Waals surface area (Å²) in [4.78, 5) is 20.2. The largest absolute Gasteiger partial charge is 0.399 e. The third-order valence-electron chi connectivity index (χ3n) is 3.52. The van der Waals surface area contributed by atoms with E-state index in [0.29, 0.717) is 11.5 Å². The van der Waals surface area contributed by atoms with Gasteiger partial charge in [0.05, 0.1) is 5.41 Å². The van der Waals surface area contributed by atoms with Gasteiger partial charge in [-0.25, -0.2) is 9.97 Å². The molecule has 1 fully saturated rings. The number of nitrogens with zero attached hydrogens (tertiary/aromatic N) is 2. The first kappa shape index (κ1) is 12.9. The van der Waals surface area contributed by atoms with E-state index in [1.807, 2.05) is 24.3 Å². The van der Waals surface area contributed by atoms with Crippen LogP contribution in [0.3, 0.4) is 0 Å². The molecule has 5 nitrogen and oxygen atoms in total. The Hall–Kier alpha value is -2.14. The lowest BCUT2D eigenvalue weighted by Crippen LogP contribution is -2.28. The number of nitrogens with one attached hydrogen (secondary N) is 1. The quantitative estimate of drug-likeness (QED) is 0.671.